The summed E-state index contributed by atoms with van der Waals surface area (Å²) in [5, 5.41) is 41.6. The van der Waals surface area contributed by atoms with Gasteiger partial charge in [0.05, 0.1) is 77.8 Å². The summed E-state index contributed by atoms with van der Waals surface area (Å²) in [6, 6.07) is 0. The van der Waals surface area contributed by atoms with E-state index in [1.54, 1.807) is 0 Å². The lowest BCUT2D eigenvalue weighted by Crippen LogP contribution is -2.64. The number of hydrogen-bond acceptors (Lipinski definition) is 10. The lowest BCUT2D eigenvalue weighted by molar-refractivity contribution is -0.223. The summed E-state index contributed by atoms with van der Waals surface area (Å²) in [5.74, 6) is 0.928. The summed E-state index contributed by atoms with van der Waals surface area (Å²) >= 11 is 0. The summed E-state index contributed by atoms with van der Waals surface area (Å²) in [4.78, 5) is 12.4. The number of aliphatic hydroxyl groups excluding tert-OH is 4. The standard InChI is InChI=1S/C32H56O10/c1-21(19-42-27(35)20-41-17-16-40-15-14-39-13-12-38-11-10-33)23-4-5-24-28-25(7-9-31(23,24)2)32(3)8-6-22(34)18-26(32)29(36)30(28)37/h21-26,28-30,33-34,36-37H,4-20H2,1-3H3/t21-,22+,23-,24+,25+,26-,28+,29-,30-,31-,32-/m1/s1. The van der Waals surface area contributed by atoms with Crippen LogP contribution in [0.25, 0.3) is 0 Å². The van der Waals surface area contributed by atoms with Crippen LogP contribution in [0.15, 0.2) is 0 Å². The maximum absolute atomic E-state index is 12.4. The first-order valence-corrected chi connectivity index (χ1v) is 16.2. The Morgan fingerprint density at radius 3 is 2.02 bits per heavy atom. The van der Waals surface area contributed by atoms with Gasteiger partial charge in [-0.1, -0.05) is 20.8 Å². The average Bonchev–Trinajstić information content (AvgIpc) is 3.33. The fourth-order valence-corrected chi connectivity index (χ4v) is 9.48. The zero-order valence-electron chi connectivity index (χ0n) is 26.0. The number of rotatable bonds is 16. The largest absolute Gasteiger partial charge is 0.464 e. The molecule has 0 saturated heterocycles. The van der Waals surface area contributed by atoms with Gasteiger partial charge in [0.25, 0.3) is 0 Å². The van der Waals surface area contributed by atoms with E-state index in [2.05, 4.69) is 20.8 Å². The summed E-state index contributed by atoms with van der Waals surface area (Å²) in [6.07, 6.45) is 4.55. The van der Waals surface area contributed by atoms with Gasteiger partial charge < -0.3 is 44.1 Å². The van der Waals surface area contributed by atoms with E-state index in [0.717, 1.165) is 38.5 Å². The van der Waals surface area contributed by atoms with Crippen LogP contribution in [0.5, 0.6) is 0 Å². The third-order valence-electron chi connectivity index (χ3n) is 11.6. The number of esters is 1. The van der Waals surface area contributed by atoms with Crippen molar-refractivity contribution < 1.29 is 48.9 Å². The van der Waals surface area contributed by atoms with E-state index in [0.29, 0.717) is 77.0 Å². The predicted octanol–water partition coefficient (Wildman–Crippen LogP) is 2.19. The number of ether oxygens (including phenoxy) is 5. The fourth-order valence-electron chi connectivity index (χ4n) is 9.48. The van der Waals surface area contributed by atoms with Gasteiger partial charge in [-0.15, -0.1) is 0 Å². The van der Waals surface area contributed by atoms with Crippen molar-refractivity contribution in [3.8, 4) is 0 Å². The second kappa shape index (κ2) is 15.4. The first kappa shape index (κ1) is 34.0. The van der Waals surface area contributed by atoms with Crippen LogP contribution < -0.4 is 0 Å². The molecule has 4 aliphatic carbocycles. The molecule has 4 aliphatic rings. The van der Waals surface area contributed by atoms with Crippen molar-refractivity contribution in [2.45, 2.75) is 84.0 Å². The highest BCUT2D eigenvalue weighted by Crippen LogP contribution is 2.68. The molecule has 4 rings (SSSR count). The van der Waals surface area contributed by atoms with E-state index in [4.69, 9.17) is 28.8 Å². The fraction of sp³-hybridized carbons (Fsp3) is 0.969. The highest BCUT2D eigenvalue weighted by atomic mass is 16.6. The Balaban J connectivity index is 1.17. The molecule has 244 valence electrons. The van der Waals surface area contributed by atoms with Crippen molar-refractivity contribution in [3.63, 3.8) is 0 Å². The van der Waals surface area contributed by atoms with Crippen molar-refractivity contribution in [3.05, 3.63) is 0 Å². The molecule has 0 radical (unpaired) electrons. The Bertz CT molecular complexity index is 842. The maximum atomic E-state index is 12.4. The van der Waals surface area contributed by atoms with Gasteiger partial charge in [-0.25, -0.2) is 4.79 Å². The Morgan fingerprint density at radius 2 is 1.36 bits per heavy atom. The molecule has 0 aromatic carbocycles. The minimum absolute atomic E-state index is 0.00290. The molecule has 4 fully saturated rings. The van der Waals surface area contributed by atoms with Crippen molar-refractivity contribution in [2.75, 3.05) is 66.1 Å². The SMILES string of the molecule is C[C@H](COC(=O)COCCOCCOCCOCCO)[C@H]1CC[C@H]2[C@@H]3[C@@H](O)[C@H](O)[C@H]4C[C@@H](O)CC[C@]4(C)[C@H]3CC[C@]12C. The van der Waals surface area contributed by atoms with E-state index in [1.807, 2.05) is 0 Å². The van der Waals surface area contributed by atoms with Gasteiger partial charge in [-0.3, -0.25) is 0 Å². The lowest BCUT2D eigenvalue weighted by atomic mass is 9.43. The molecule has 11 atom stereocenters. The summed E-state index contributed by atoms with van der Waals surface area (Å²) in [5.41, 5.74) is -0.00664. The van der Waals surface area contributed by atoms with Crippen LogP contribution in [-0.2, 0) is 28.5 Å². The molecule has 0 aromatic rings. The smallest absolute Gasteiger partial charge is 0.332 e. The Kier molecular flexibility index (Phi) is 12.5. The molecule has 10 heteroatoms. The highest BCUT2D eigenvalue weighted by Gasteiger charge is 2.65. The van der Waals surface area contributed by atoms with Crippen LogP contribution in [0.2, 0.25) is 0 Å². The topological polar surface area (TPSA) is 144 Å². The minimum Gasteiger partial charge on any atom is -0.464 e. The van der Waals surface area contributed by atoms with Gasteiger partial charge in [-0.2, -0.15) is 0 Å². The van der Waals surface area contributed by atoms with Crippen LogP contribution in [0.4, 0.5) is 0 Å². The number of carbonyl (C=O) groups is 1. The van der Waals surface area contributed by atoms with Gasteiger partial charge in [-0.05, 0) is 91.3 Å². The second-order valence-corrected chi connectivity index (χ2v) is 13.8. The van der Waals surface area contributed by atoms with Gasteiger partial charge in [0.1, 0.15) is 6.61 Å². The lowest BCUT2D eigenvalue weighted by Gasteiger charge is -2.63. The summed E-state index contributed by atoms with van der Waals surface area (Å²) < 4.78 is 26.9. The molecule has 0 aromatic heterocycles. The molecule has 4 saturated carbocycles. The molecule has 0 heterocycles. The quantitative estimate of drug-likeness (QED) is 0.154. The number of carbonyl (C=O) groups excluding carboxylic acids is 1. The Morgan fingerprint density at radius 1 is 0.762 bits per heavy atom. The Labute approximate surface area is 251 Å². The van der Waals surface area contributed by atoms with E-state index >= 15 is 0 Å². The summed E-state index contributed by atoms with van der Waals surface area (Å²) in [7, 11) is 0. The predicted molar refractivity (Wildman–Crippen MR) is 154 cm³/mol. The highest BCUT2D eigenvalue weighted by molar-refractivity contribution is 5.70. The molecule has 4 N–H and O–H groups in total. The number of fused-ring (bicyclic) bond motifs is 5. The van der Waals surface area contributed by atoms with E-state index < -0.39 is 12.2 Å². The van der Waals surface area contributed by atoms with E-state index in [-0.39, 0.29) is 53.9 Å². The first-order chi connectivity index (χ1) is 20.1. The minimum atomic E-state index is -0.785. The zero-order chi connectivity index (χ0) is 30.3. The molecular weight excluding hydrogens is 544 g/mol. The maximum Gasteiger partial charge on any atom is 0.332 e. The summed E-state index contributed by atoms with van der Waals surface area (Å²) in [6.45, 7) is 9.78. The third-order valence-corrected chi connectivity index (χ3v) is 11.6. The molecular formula is C32H56O10. The van der Waals surface area contributed by atoms with Crippen LogP contribution in [-0.4, -0.2) is 111 Å². The van der Waals surface area contributed by atoms with Gasteiger partial charge in [0, 0.05) is 0 Å². The van der Waals surface area contributed by atoms with Crippen LogP contribution in [0.3, 0.4) is 0 Å². The third kappa shape index (κ3) is 7.50. The zero-order valence-corrected chi connectivity index (χ0v) is 26.0. The molecule has 10 nitrogen and oxygen atoms in total. The number of aliphatic hydroxyl groups is 4. The number of hydrogen-bond donors (Lipinski definition) is 4. The molecule has 42 heavy (non-hydrogen) atoms. The van der Waals surface area contributed by atoms with Crippen LogP contribution in [0, 0.1) is 46.3 Å². The molecule has 0 bridgehead atoms. The Hall–Kier alpha value is -0.850. The van der Waals surface area contributed by atoms with E-state index in [1.165, 1.54) is 0 Å². The van der Waals surface area contributed by atoms with Crippen molar-refractivity contribution in [1.29, 1.82) is 0 Å². The first-order valence-electron chi connectivity index (χ1n) is 16.2. The van der Waals surface area contributed by atoms with E-state index in [9.17, 15) is 20.1 Å². The average molecular weight is 601 g/mol. The van der Waals surface area contributed by atoms with Crippen LogP contribution >= 0.6 is 0 Å². The molecule has 0 spiro atoms. The van der Waals surface area contributed by atoms with Gasteiger partial charge in [0.2, 0.25) is 0 Å². The van der Waals surface area contributed by atoms with Crippen molar-refractivity contribution in [2.24, 2.45) is 46.3 Å². The van der Waals surface area contributed by atoms with Crippen molar-refractivity contribution in [1.82, 2.24) is 0 Å². The molecule has 0 unspecified atom stereocenters. The molecule has 0 aliphatic heterocycles. The van der Waals surface area contributed by atoms with Crippen molar-refractivity contribution >= 4 is 5.97 Å². The normalized spacial score (nSPS) is 40.2. The molecule has 0 amide bonds. The van der Waals surface area contributed by atoms with Gasteiger partial charge in [0.15, 0.2) is 0 Å². The van der Waals surface area contributed by atoms with Crippen LogP contribution in [0.1, 0.15) is 65.7 Å². The monoisotopic (exact) mass is 600 g/mol. The second-order valence-electron chi connectivity index (χ2n) is 13.8. The van der Waals surface area contributed by atoms with Gasteiger partial charge >= 0.3 is 5.97 Å².